The maximum absolute atomic E-state index is 9.76. The molecule has 1 atom stereocenters. The van der Waals surface area contributed by atoms with E-state index in [1.807, 2.05) is 12.1 Å². The molecule has 0 saturated carbocycles. The second-order valence-electron chi connectivity index (χ2n) is 3.38. The minimum Gasteiger partial charge on any atom is -0.386 e. The van der Waals surface area contributed by atoms with Gasteiger partial charge in [-0.15, -0.1) is 0 Å². The topological polar surface area (TPSA) is 60.9 Å². The van der Waals surface area contributed by atoms with Crippen molar-refractivity contribution in [2.75, 3.05) is 13.6 Å². The molecule has 0 bridgehead atoms. The van der Waals surface area contributed by atoms with E-state index in [-0.39, 0.29) is 0 Å². The predicted octanol–water partition coefficient (Wildman–Crippen LogP) is 1.58. The van der Waals surface area contributed by atoms with Gasteiger partial charge in [-0.3, -0.25) is 4.98 Å². The van der Waals surface area contributed by atoms with Crippen LogP contribution in [0.1, 0.15) is 11.8 Å². The third-order valence-corrected chi connectivity index (χ3v) is 2.65. The Bertz CT molecular complexity index is 469. The maximum Gasteiger partial charge on any atom is 0.106 e. The molecule has 0 saturated heterocycles. The average Bonchev–Trinajstić information content (AvgIpc) is 2.60. The Labute approximate surface area is 95.8 Å². The van der Waals surface area contributed by atoms with Crippen LogP contribution in [0, 0.1) is 0 Å². The van der Waals surface area contributed by atoms with Crippen molar-refractivity contribution < 1.29 is 5.11 Å². The molecule has 0 fully saturated rings. The SMILES string of the molecule is CNCC(O)c1cc2ncc(Br)cc2[nH]1. The van der Waals surface area contributed by atoms with Crippen molar-refractivity contribution in [3.63, 3.8) is 0 Å². The molecule has 4 nitrogen and oxygen atoms in total. The number of H-pyrrole nitrogens is 1. The highest BCUT2D eigenvalue weighted by atomic mass is 79.9. The number of rotatable bonds is 3. The summed E-state index contributed by atoms with van der Waals surface area (Å²) in [6, 6.07) is 3.81. The monoisotopic (exact) mass is 269 g/mol. The van der Waals surface area contributed by atoms with Gasteiger partial charge in [-0.05, 0) is 35.1 Å². The second-order valence-corrected chi connectivity index (χ2v) is 4.30. The number of pyridine rings is 1. The molecule has 0 spiro atoms. The maximum atomic E-state index is 9.76. The van der Waals surface area contributed by atoms with Crippen LogP contribution in [0.25, 0.3) is 11.0 Å². The minimum absolute atomic E-state index is 0.522. The van der Waals surface area contributed by atoms with E-state index in [2.05, 4.69) is 31.2 Å². The Morgan fingerprint density at radius 1 is 1.60 bits per heavy atom. The van der Waals surface area contributed by atoms with Crippen LogP contribution >= 0.6 is 15.9 Å². The number of halogens is 1. The van der Waals surface area contributed by atoms with E-state index < -0.39 is 6.10 Å². The van der Waals surface area contributed by atoms with Crippen LogP contribution in [0.2, 0.25) is 0 Å². The summed E-state index contributed by atoms with van der Waals surface area (Å²) in [5.74, 6) is 0. The molecule has 0 aliphatic carbocycles. The zero-order valence-electron chi connectivity index (χ0n) is 8.29. The van der Waals surface area contributed by atoms with Crippen LogP contribution < -0.4 is 5.32 Å². The van der Waals surface area contributed by atoms with Gasteiger partial charge in [0.05, 0.1) is 11.0 Å². The lowest BCUT2D eigenvalue weighted by atomic mass is 10.2. The van der Waals surface area contributed by atoms with Gasteiger partial charge in [0, 0.05) is 22.9 Å². The Balaban J connectivity index is 2.38. The van der Waals surface area contributed by atoms with E-state index in [1.54, 1.807) is 13.2 Å². The predicted molar refractivity (Wildman–Crippen MR) is 62.7 cm³/mol. The molecule has 0 radical (unpaired) electrons. The molecule has 2 aromatic heterocycles. The number of nitrogens with one attached hydrogen (secondary N) is 2. The fraction of sp³-hybridized carbons (Fsp3) is 0.300. The van der Waals surface area contributed by atoms with Gasteiger partial charge in [0.1, 0.15) is 6.10 Å². The molecule has 1 unspecified atom stereocenters. The summed E-state index contributed by atoms with van der Waals surface area (Å²) < 4.78 is 0.923. The van der Waals surface area contributed by atoms with Crippen molar-refractivity contribution in [2.24, 2.45) is 0 Å². The fourth-order valence-corrected chi connectivity index (χ4v) is 1.82. The lowest BCUT2D eigenvalue weighted by Crippen LogP contribution is -2.16. The lowest BCUT2D eigenvalue weighted by Gasteiger charge is -2.06. The van der Waals surface area contributed by atoms with Crippen LogP contribution in [0.5, 0.6) is 0 Å². The summed E-state index contributed by atoms with van der Waals surface area (Å²) in [6.07, 6.45) is 1.22. The van der Waals surface area contributed by atoms with Crippen LogP contribution in [0.3, 0.4) is 0 Å². The molecule has 0 aromatic carbocycles. The number of hydrogen-bond acceptors (Lipinski definition) is 3. The molecular formula is C10H12BrN3O. The molecule has 80 valence electrons. The van der Waals surface area contributed by atoms with Gasteiger partial charge in [-0.1, -0.05) is 0 Å². The van der Waals surface area contributed by atoms with E-state index in [0.717, 1.165) is 21.2 Å². The first-order valence-corrected chi connectivity index (χ1v) is 5.47. The van der Waals surface area contributed by atoms with Crippen molar-refractivity contribution in [3.8, 4) is 0 Å². The van der Waals surface area contributed by atoms with Gasteiger partial charge in [0.25, 0.3) is 0 Å². The summed E-state index contributed by atoms with van der Waals surface area (Å²) >= 11 is 3.35. The van der Waals surface area contributed by atoms with Gasteiger partial charge in [-0.25, -0.2) is 0 Å². The molecule has 0 aliphatic heterocycles. The Kier molecular flexibility index (Phi) is 3.04. The molecule has 0 amide bonds. The largest absolute Gasteiger partial charge is 0.386 e. The normalized spacial score (nSPS) is 13.3. The Morgan fingerprint density at radius 3 is 3.13 bits per heavy atom. The average molecular weight is 270 g/mol. The number of aromatic amines is 1. The Morgan fingerprint density at radius 2 is 2.40 bits per heavy atom. The van der Waals surface area contributed by atoms with Gasteiger partial charge in [0.15, 0.2) is 0 Å². The van der Waals surface area contributed by atoms with Gasteiger partial charge >= 0.3 is 0 Å². The molecular weight excluding hydrogens is 258 g/mol. The fourth-order valence-electron chi connectivity index (χ4n) is 1.49. The van der Waals surface area contributed by atoms with Crippen LogP contribution in [0.4, 0.5) is 0 Å². The summed E-state index contributed by atoms with van der Waals surface area (Å²) in [7, 11) is 1.81. The third-order valence-electron chi connectivity index (χ3n) is 2.21. The molecule has 3 N–H and O–H groups in total. The molecule has 2 aromatic rings. The number of hydrogen-bond donors (Lipinski definition) is 3. The lowest BCUT2D eigenvalue weighted by molar-refractivity contribution is 0.174. The van der Waals surface area contributed by atoms with Crippen LogP contribution in [-0.4, -0.2) is 28.7 Å². The van der Waals surface area contributed by atoms with Crippen molar-refractivity contribution in [1.82, 2.24) is 15.3 Å². The summed E-state index contributed by atoms with van der Waals surface area (Å²) in [6.45, 7) is 0.522. The highest BCUT2D eigenvalue weighted by Crippen LogP contribution is 2.20. The number of aliphatic hydroxyl groups excluding tert-OH is 1. The highest BCUT2D eigenvalue weighted by Gasteiger charge is 2.10. The van der Waals surface area contributed by atoms with E-state index in [0.29, 0.717) is 6.54 Å². The third kappa shape index (κ3) is 2.19. The molecule has 2 rings (SSSR count). The summed E-state index contributed by atoms with van der Waals surface area (Å²) in [5.41, 5.74) is 2.57. The Hall–Kier alpha value is -0.910. The summed E-state index contributed by atoms with van der Waals surface area (Å²) in [4.78, 5) is 7.37. The first kappa shape index (κ1) is 10.6. The van der Waals surface area contributed by atoms with E-state index in [1.165, 1.54) is 0 Å². The number of fused-ring (bicyclic) bond motifs is 1. The molecule has 2 heterocycles. The van der Waals surface area contributed by atoms with Gasteiger partial charge < -0.3 is 15.4 Å². The zero-order chi connectivity index (χ0) is 10.8. The van der Waals surface area contributed by atoms with Crippen molar-refractivity contribution in [3.05, 3.63) is 28.5 Å². The van der Waals surface area contributed by atoms with E-state index >= 15 is 0 Å². The number of nitrogens with zero attached hydrogens (tertiary/aromatic N) is 1. The van der Waals surface area contributed by atoms with Crippen molar-refractivity contribution in [1.29, 1.82) is 0 Å². The smallest absolute Gasteiger partial charge is 0.106 e. The number of aliphatic hydroxyl groups is 1. The molecule has 5 heteroatoms. The molecule has 0 aliphatic rings. The zero-order valence-corrected chi connectivity index (χ0v) is 9.87. The minimum atomic E-state index is -0.525. The summed E-state index contributed by atoms with van der Waals surface area (Å²) in [5, 5.41) is 12.7. The number of aromatic nitrogens is 2. The second kappa shape index (κ2) is 4.30. The first-order chi connectivity index (χ1) is 7.20. The van der Waals surface area contributed by atoms with Crippen LogP contribution in [-0.2, 0) is 0 Å². The van der Waals surface area contributed by atoms with Gasteiger partial charge in [-0.2, -0.15) is 0 Å². The van der Waals surface area contributed by atoms with E-state index in [4.69, 9.17) is 0 Å². The van der Waals surface area contributed by atoms with Crippen molar-refractivity contribution in [2.45, 2.75) is 6.10 Å². The standard InChI is InChI=1S/C10H12BrN3O/c1-12-5-10(15)9-3-7-8(14-9)2-6(11)4-13-7/h2-4,10,12,14-15H,5H2,1H3. The quantitative estimate of drug-likeness (QED) is 0.793. The first-order valence-electron chi connectivity index (χ1n) is 4.67. The number of likely N-dealkylation sites (N-methyl/N-ethyl adjacent to an activating group) is 1. The van der Waals surface area contributed by atoms with E-state index in [9.17, 15) is 5.11 Å². The van der Waals surface area contributed by atoms with Crippen molar-refractivity contribution >= 4 is 27.0 Å². The van der Waals surface area contributed by atoms with Crippen LogP contribution in [0.15, 0.2) is 22.8 Å². The molecule has 15 heavy (non-hydrogen) atoms. The van der Waals surface area contributed by atoms with Gasteiger partial charge in [0.2, 0.25) is 0 Å². The highest BCUT2D eigenvalue weighted by molar-refractivity contribution is 9.10.